The van der Waals surface area contributed by atoms with Crippen molar-refractivity contribution in [1.29, 1.82) is 0 Å². The van der Waals surface area contributed by atoms with Crippen molar-refractivity contribution in [3.8, 4) is 11.5 Å². The molecule has 3 amide bonds. The number of hydrazine groups is 1. The maximum Gasteiger partial charge on any atom is 0.327 e. The summed E-state index contributed by atoms with van der Waals surface area (Å²) in [6, 6.07) is 13.4. The Hall–Kier alpha value is -3.55. The number of carbonyl (C=O) groups is 3. The van der Waals surface area contributed by atoms with E-state index in [1.165, 1.54) is 26.4 Å². The van der Waals surface area contributed by atoms with Crippen LogP contribution in [0.1, 0.15) is 28.9 Å². The van der Waals surface area contributed by atoms with Crippen LogP contribution in [-0.4, -0.2) is 31.9 Å². The monoisotopic (exact) mass is 371 g/mol. The molecule has 27 heavy (non-hydrogen) atoms. The summed E-state index contributed by atoms with van der Waals surface area (Å²) in [6.07, 6.45) is 0. The van der Waals surface area contributed by atoms with Crippen molar-refractivity contribution in [2.45, 2.75) is 13.0 Å². The van der Waals surface area contributed by atoms with Crippen LogP contribution in [0, 0.1) is 0 Å². The van der Waals surface area contributed by atoms with Crippen LogP contribution in [0.2, 0.25) is 0 Å². The second-order valence-corrected chi connectivity index (χ2v) is 5.58. The fourth-order valence-electron chi connectivity index (χ4n) is 2.31. The molecule has 0 aliphatic heterocycles. The van der Waals surface area contributed by atoms with Gasteiger partial charge in [0.05, 0.1) is 20.3 Å². The third kappa shape index (κ3) is 5.21. The molecule has 0 bridgehead atoms. The summed E-state index contributed by atoms with van der Waals surface area (Å²) in [6.45, 7) is 1.75. The van der Waals surface area contributed by atoms with E-state index in [0.717, 1.165) is 5.56 Å². The zero-order valence-electron chi connectivity index (χ0n) is 15.2. The molecule has 0 heterocycles. The van der Waals surface area contributed by atoms with Gasteiger partial charge in [-0.1, -0.05) is 30.3 Å². The molecular weight excluding hydrogens is 350 g/mol. The van der Waals surface area contributed by atoms with Crippen LogP contribution >= 0.6 is 0 Å². The van der Waals surface area contributed by atoms with Gasteiger partial charge < -0.3 is 14.8 Å². The highest BCUT2D eigenvalue weighted by Gasteiger charge is 2.18. The summed E-state index contributed by atoms with van der Waals surface area (Å²) in [4.78, 5) is 36.0. The Morgan fingerprint density at radius 1 is 0.852 bits per heavy atom. The highest BCUT2D eigenvalue weighted by Crippen LogP contribution is 2.27. The Kier molecular flexibility index (Phi) is 6.76. The largest absolute Gasteiger partial charge is 0.493 e. The van der Waals surface area contributed by atoms with Gasteiger partial charge in [0.15, 0.2) is 11.5 Å². The van der Waals surface area contributed by atoms with Crippen molar-refractivity contribution in [3.05, 3.63) is 59.7 Å². The molecule has 0 spiro atoms. The van der Waals surface area contributed by atoms with E-state index in [1.807, 2.05) is 30.3 Å². The number of methoxy groups -OCH3 is 2. The molecule has 1 atom stereocenters. The molecule has 0 radical (unpaired) electrons. The zero-order chi connectivity index (χ0) is 19.8. The number of nitrogens with one attached hydrogen (secondary N) is 3. The van der Waals surface area contributed by atoms with Crippen molar-refractivity contribution in [2.24, 2.45) is 0 Å². The predicted octanol–water partition coefficient (Wildman–Crippen LogP) is 1.34. The van der Waals surface area contributed by atoms with Crippen molar-refractivity contribution < 1.29 is 23.9 Å². The van der Waals surface area contributed by atoms with Crippen LogP contribution in [0.3, 0.4) is 0 Å². The van der Waals surface area contributed by atoms with E-state index >= 15 is 0 Å². The van der Waals surface area contributed by atoms with E-state index in [1.54, 1.807) is 13.0 Å². The van der Waals surface area contributed by atoms with E-state index in [0.29, 0.717) is 11.5 Å². The molecule has 0 saturated carbocycles. The number of benzene rings is 2. The summed E-state index contributed by atoms with van der Waals surface area (Å²) in [7, 11) is 2.92. The van der Waals surface area contributed by atoms with Gasteiger partial charge in [0, 0.05) is 5.56 Å². The smallest absolute Gasteiger partial charge is 0.327 e. The van der Waals surface area contributed by atoms with E-state index in [2.05, 4.69) is 16.2 Å². The molecule has 0 fully saturated rings. The molecule has 142 valence electrons. The van der Waals surface area contributed by atoms with E-state index in [-0.39, 0.29) is 11.6 Å². The number of rotatable bonds is 5. The van der Waals surface area contributed by atoms with Gasteiger partial charge in [-0.3, -0.25) is 25.2 Å². The summed E-state index contributed by atoms with van der Waals surface area (Å²) < 4.78 is 10.2. The molecule has 0 aliphatic rings. The minimum atomic E-state index is -0.980. The Morgan fingerprint density at radius 2 is 1.52 bits per heavy atom. The lowest BCUT2D eigenvalue weighted by Crippen LogP contribution is -2.48. The van der Waals surface area contributed by atoms with Crippen LogP contribution in [0.25, 0.3) is 0 Å². The van der Waals surface area contributed by atoms with Crippen LogP contribution in [0.4, 0.5) is 0 Å². The molecule has 3 N–H and O–H groups in total. The SMILES string of the molecule is COc1ccc(C(=O)NNC(=O)C(=O)N[C@H](C)c2ccccc2)cc1OC. The van der Waals surface area contributed by atoms with Crippen LogP contribution in [0.5, 0.6) is 11.5 Å². The van der Waals surface area contributed by atoms with Gasteiger partial charge in [0.2, 0.25) is 0 Å². The lowest BCUT2D eigenvalue weighted by molar-refractivity contribution is -0.140. The molecular formula is C19H21N3O5. The van der Waals surface area contributed by atoms with Crippen LogP contribution in [-0.2, 0) is 9.59 Å². The van der Waals surface area contributed by atoms with Crippen molar-refractivity contribution in [3.63, 3.8) is 0 Å². The second-order valence-electron chi connectivity index (χ2n) is 5.58. The fraction of sp³-hybridized carbons (Fsp3) is 0.211. The lowest BCUT2D eigenvalue weighted by Gasteiger charge is -2.14. The Morgan fingerprint density at radius 3 is 2.15 bits per heavy atom. The maximum atomic E-state index is 12.1. The number of hydrogen-bond donors (Lipinski definition) is 3. The van der Waals surface area contributed by atoms with Crippen LogP contribution < -0.4 is 25.6 Å². The molecule has 0 unspecified atom stereocenters. The van der Waals surface area contributed by atoms with E-state index in [9.17, 15) is 14.4 Å². The highest BCUT2D eigenvalue weighted by atomic mass is 16.5. The third-order valence-corrected chi connectivity index (χ3v) is 3.79. The van der Waals surface area contributed by atoms with E-state index < -0.39 is 17.7 Å². The summed E-state index contributed by atoms with van der Waals surface area (Å²) in [5, 5.41) is 2.55. The first-order chi connectivity index (χ1) is 13.0. The molecule has 0 saturated heterocycles. The first-order valence-electron chi connectivity index (χ1n) is 8.14. The van der Waals surface area contributed by atoms with Crippen molar-refractivity contribution >= 4 is 17.7 Å². The highest BCUT2D eigenvalue weighted by molar-refractivity contribution is 6.35. The summed E-state index contributed by atoms with van der Waals surface area (Å²) in [5.41, 5.74) is 5.35. The average Bonchev–Trinajstić information content (AvgIpc) is 2.71. The van der Waals surface area contributed by atoms with Crippen molar-refractivity contribution in [1.82, 2.24) is 16.2 Å². The Labute approximate surface area is 156 Å². The minimum Gasteiger partial charge on any atom is -0.493 e. The predicted molar refractivity (Wildman–Crippen MR) is 98.2 cm³/mol. The molecule has 0 aromatic heterocycles. The molecule has 2 aromatic carbocycles. The first-order valence-corrected chi connectivity index (χ1v) is 8.14. The number of carbonyl (C=O) groups excluding carboxylic acids is 3. The first kappa shape index (κ1) is 19.8. The zero-order valence-corrected chi connectivity index (χ0v) is 15.2. The normalized spacial score (nSPS) is 11.1. The van der Waals surface area contributed by atoms with Gasteiger partial charge in [-0.05, 0) is 30.7 Å². The summed E-state index contributed by atoms with van der Waals surface area (Å²) in [5.74, 6) is -1.61. The number of amides is 3. The second kappa shape index (κ2) is 9.23. The topological polar surface area (TPSA) is 106 Å². The molecule has 2 aromatic rings. The molecule has 8 heteroatoms. The minimum absolute atomic E-state index is 0.228. The lowest BCUT2D eigenvalue weighted by atomic mass is 10.1. The van der Waals surface area contributed by atoms with Crippen molar-refractivity contribution in [2.75, 3.05) is 14.2 Å². The molecule has 2 rings (SSSR count). The third-order valence-electron chi connectivity index (χ3n) is 3.79. The molecule has 0 aliphatic carbocycles. The standard InChI is InChI=1S/C19H21N3O5/c1-12(13-7-5-4-6-8-13)20-18(24)19(25)22-21-17(23)14-9-10-15(26-2)16(11-14)27-3/h4-12H,1-3H3,(H,20,24)(H,21,23)(H,22,25)/t12-/m1/s1. The quantitative estimate of drug-likeness (QED) is 0.543. The average molecular weight is 371 g/mol. The van der Waals surface area contributed by atoms with Gasteiger partial charge >= 0.3 is 11.8 Å². The van der Waals surface area contributed by atoms with Gasteiger partial charge in [-0.25, -0.2) is 0 Å². The molecule has 8 nitrogen and oxygen atoms in total. The van der Waals surface area contributed by atoms with Gasteiger partial charge in [-0.2, -0.15) is 0 Å². The Bertz CT molecular complexity index is 823. The number of ether oxygens (including phenoxy) is 2. The van der Waals surface area contributed by atoms with E-state index in [4.69, 9.17) is 9.47 Å². The van der Waals surface area contributed by atoms with Gasteiger partial charge in [-0.15, -0.1) is 0 Å². The fourth-order valence-corrected chi connectivity index (χ4v) is 2.31. The Balaban J connectivity index is 1.90. The van der Waals surface area contributed by atoms with Gasteiger partial charge in [0.1, 0.15) is 0 Å². The van der Waals surface area contributed by atoms with Gasteiger partial charge in [0.25, 0.3) is 5.91 Å². The maximum absolute atomic E-state index is 12.1. The summed E-state index contributed by atoms with van der Waals surface area (Å²) >= 11 is 0. The van der Waals surface area contributed by atoms with Crippen LogP contribution in [0.15, 0.2) is 48.5 Å². The number of hydrogen-bond acceptors (Lipinski definition) is 5.